The van der Waals surface area contributed by atoms with Crippen LogP contribution < -0.4 is 5.32 Å². The van der Waals surface area contributed by atoms with Gasteiger partial charge in [-0.05, 0) is 48.7 Å². The molecule has 31 heavy (non-hydrogen) atoms. The van der Waals surface area contributed by atoms with Crippen molar-refractivity contribution in [2.45, 2.75) is 44.7 Å². The largest absolute Gasteiger partial charge is 0.361 e. The van der Waals surface area contributed by atoms with E-state index in [1.54, 1.807) is 24.3 Å². The number of aromatic nitrogens is 4. The van der Waals surface area contributed by atoms with Gasteiger partial charge in [0.05, 0.1) is 6.04 Å². The summed E-state index contributed by atoms with van der Waals surface area (Å²) in [6.45, 7) is 0.888. The molecule has 0 unspecified atom stereocenters. The summed E-state index contributed by atoms with van der Waals surface area (Å²) in [7, 11) is 0. The summed E-state index contributed by atoms with van der Waals surface area (Å²) in [5, 5.41) is 14.0. The second-order valence-electron chi connectivity index (χ2n) is 8.03. The molecule has 1 aliphatic rings. The summed E-state index contributed by atoms with van der Waals surface area (Å²) >= 11 is 5.99. The van der Waals surface area contributed by atoms with E-state index in [4.69, 9.17) is 11.6 Å². The highest BCUT2D eigenvalue weighted by Gasteiger charge is 2.25. The second kappa shape index (κ2) is 8.55. The van der Waals surface area contributed by atoms with Crippen LogP contribution in [0.15, 0.2) is 54.7 Å². The molecule has 0 spiro atoms. The van der Waals surface area contributed by atoms with Crippen molar-refractivity contribution in [1.29, 1.82) is 0 Å². The van der Waals surface area contributed by atoms with Crippen molar-refractivity contribution in [3.8, 4) is 0 Å². The highest BCUT2D eigenvalue weighted by Crippen LogP contribution is 2.26. The van der Waals surface area contributed by atoms with Gasteiger partial charge in [0.1, 0.15) is 5.82 Å². The van der Waals surface area contributed by atoms with Gasteiger partial charge in [-0.3, -0.25) is 4.79 Å². The van der Waals surface area contributed by atoms with Crippen molar-refractivity contribution < 1.29 is 4.79 Å². The molecule has 3 heterocycles. The Labute approximate surface area is 185 Å². The third-order valence-corrected chi connectivity index (χ3v) is 6.21. The number of nitrogens with one attached hydrogen (secondary N) is 2. The Balaban J connectivity index is 1.50. The van der Waals surface area contributed by atoms with Crippen LogP contribution in [0, 0.1) is 0 Å². The van der Waals surface area contributed by atoms with Crippen LogP contribution in [0.3, 0.4) is 0 Å². The number of aromatic amines is 1. The quantitative estimate of drug-likeness (QED) is 0.472. The van der Waals surface area contributed by atoms with Crippen LogP contribution in [0.4, 0.5) is 0 Å². The molecule has 0 fully saturated rings. The predicted molar refractivity (Wildman–Crippen MR) is 121 cm³/mol. The Bertz CT molecular complexity index is 1210. The van der Waals surface area contributed by atoms with Crippen LogP contribution in [0.1, 0.15) is 52.9 Å². The molecular formula is C24H24ClN5O. The predicted octanol–water partition coefficient (Wildman–Crippen LogP) is 4.85. The van der Waals surface area contributed by atoms with Crippen molar-refractivity contribution in [2.75, 3.05) is 0 Å². The van der Waals surface area contributed by atoms with E-state index in [0.29, 0.717) is 17.0 Å². The van der Waals surface area contributed by atoms with Gasteiger partial charge in [-0.25, -0.2) is 0 Å². The average Bonchev–Trinajstić information content (AvgIpc) is 3.30. The fourth-order valence-corrected chi connectivity index (χ4v) is 4.46. The number of halogens is 1. The van der Waals surface area contributed by atoms with Crippen molar-refractivity contribution in [3.63, 3.8) is 0 Å². The first kappa shape index (κ1) is 19.8. The van der Waals surface area contributed by atoms with Gasteiger partial charge in [0.25, 0.3) is 5.91 Å². The number of aryl methyl sites for hydroxylation is 1. The molecule has 5 rings (SSSR count). The Morgan fingerprint density at radius 1 is 1.10 bits per heavy atom. The summed E-state index contributed by atoms with van der Waals surface area (Å²) in [6.07, 6.45) is 6.99. The van der Waals surface area contributed by atoms with Gasteiger partial charge in [0.2, 0.25) is 0 Å². The minimum Gasteiger partial charge on any atom is -0.361 e. The zero-order valence-corrected chi connectivity index (χ0v) is 17.9. The van der Waals surface area contributed by atoms with E-state index < -0.39 is 0 Å². The molecule has 7 heteroatoms. The molecule has 2 aromatic carbocycles. The molecule has 0 bridgehead atoms. The number of benzene rings is 2. The molecule has 1 aliphatic heterocycles. The van der Waals surface area contributed by atoms with Gasteiger partial charge in [-0.2, -0.15) is 0 Å². The monoisotopic (exact) mass is 433 g/mol. The van der Waals surface area contributed by atoms with E-state index in [9.17, 15) is 4.79 Å². The van der Waals surface area contributed by atoms with Gasteiger partial charge in [-0.1, -0.05) is 36.2 Å². The second-order valence-corrected chi connectivity index (χ2v) is 8.47. The number of hydrogen-bond acceptors (Lipinski definition) is 3. The summed E-state index contributed by atoms with van der Waals surface area (Å²) in [5.74, 6) is 1.69. The van der Waals surface area contributed by atoms with Gasteiger partial charge in [-0.15, -0.1) is 10.2 Å². The maximum absolute atomic E-state index is 13.1. The van der Waals surface area contributed by atoms with E-state index in [0.717, 1.165) is 53.9 Å². The number of amides is 1. The zero-order valence-electron chi connectivity index (χ0n) is 17.1. The maximum atomic E-state index is 13.1. The number of nitrogens with zero attached hydrogens (tertiary/aromatic N) is 3. The van der Waals surface area contributed by atoms with Crippen LogP contribution in [0.25, 0.3) is 10.9 Å². The normalized spacial score (nSPS) is 14.7. The summed E-state index contributed by atoms with van der Waals surface area (Å²) in [5.41, 5.74) is 2.80. The third kappa shape index (κ3) is 4.08. The van der Waals surface area contributed by atoms with Crippen LogP contribution in [0.2, 0.25) is 5.02 Å². The molecule has 4 aromatic rings. The van der Waals surface area contributed by atoms with Crippen molar-refractivity contribution >= 4 is 28.4 Å². The molecule has 0 radical (unpaired) electrons. The molecule has 158 valence electrons. The molecule has 1 atom stereocenters. The minimum absolute atomic E-state index is 0.146. The first-order valence-electron chi connectivity index (χ1n) is 10.7. The topological polar surface area (TPSA) is 75.6 Å². The smallest absolute Gasteiger partial charge is 0.251 e. The summed E-state index contributed by atoms with van der Waals surface area (Å²) < 4.78 is 2.20. The molecule has 0 saturated heterocycles. The molecule has 0 aliphatic carbocycles. The number of H-pyrrole nitrogens is 1. The fourth-order valence-electron chi connectivity index (χ4n) is 4.34. The van der Waals surface area contributed by atoms with Gasteiger partial charge in [0, 0.05) is 47.1 Å². The van der Waals surface area contributed by atoms with Crippen molar-refractivity contribution in [3.05, 3.63) is 82.5 Å². The number of fused-ring (bicyclic) bond motifs is 2. The van der Waals surface area contributed by atoms with E-state index in [-0.39, 0.29) is 11.9 Å². The maximum Gasteiger partial charge on any atom is 0.251 e. The first-order chi connectivity index (χ1) is 15.2. The Kier molecular flexibility index (Phi) is 5.47. The van der Waals surface area contributed by atoms with E-state index in [2.05, 4.69) is 37.2 Å². The average molecular weight is 434 g/mol. The lowest BCUT2D eigenvalue weighted by Gasteiger charge is -2.19. The van der Waals surface area contributed by atoms with E-state index in [1.165, 1.54) is 6.42 Å². The summed E-state index contributed by atoms with van der Waals surface area (Å²) in [6, 6.07) is 14.9. The molecule has 0 saturated carbocycles. The number of hydrogen-bond donors (Lipinski definition) is 2. The van der Waals surface area contributed by atoms with E-state index in [1.807, 2.05) is 18.3 Å². The third-order valence-electron chi connectivity index (χ3n) is 5.96. The first-order valence-corrected chi connectivity index (χ1v) is 11.1. The molecule has 6 nitrogen and oxygen atoms in total. The Morgan fingerprint density at radius 3 is 2.81 bits per heavy atom. The molecule has 1 amide bonds. The molecule has 2 N–H and O–H groups in total. The highest BCUT2D eigenvalue weighted by molar-refractivity contribution is 6.30. The Hall–Kier alpha value is -3.12. The van der Waals surface area contributed by atoms with E-state index >= 15 is 0 Å². The highest BCUT2D eigenvalue weighted by atomic mass is 35.5. The number of carbonyl (C=O) groups excluding carboxylic acids is 1. The lowest BCUT2D eigenvalue weighted by molar-refractivity contribution is 0.0934. The fraction of sp³-hybridized carbons (Fsp3) is 0.292. The molecular weight excluding hydrogens is 410 g/mol. The number of para-hydroxylation sites is 1. The van der Waals surface area contributed by atoms with Gasteiger partial charge >= 0.3 is 0 Å². The lowest BCUT2D eigenvalue weighted by Crippen LogP contribution is -2.32. The van der Waals surface area contributed by atoms with Gasteiger partial charge in [0.15, 0.2) is 5.82 Å². The standard InChI is InChI=1S/C24H24ClN5O/c25-18-11-9-16(10-12-18)24(31)27-21(14-17-15-26-20-7-4-3-6-19(17)20)23-29-28-22-8-2-1-5-13-30(22)23/h3-4,6-7,9-12,15,21,26H,1-2,5,8,13-14H2,(H,27,31)/t21-/m0/s1. The molecule has 2 aromatic heterocycles. The van der Waals surface area contributed by atoms with Crippen LogP contribution >= 0.6 is 11.6 Å². The Morgan fingerprint density at radius 2 is 1.94 bits per heavy atom. The van der Waals surface area contributed by atoms with Gasteiger partial charge < -0.3 is 14.9 Å². The van der Waals surface area contributed by atoms with Crippen LogP contribution in [0.5, 0.6) is 0 Å². The summed E-state index contributed by atoms with van der Waals surface area (Å²) in [4.78, 5) is 16.4. The van der Waals surface area contributed by atoms with Crippen molar-refractivity contribution in [2.24, 2.45) is 0 Å². The number of rotatable bonds is 5. The number of carbonyl (C=O) groups is 1. The minimum atomic E-state index is -0.290. The van der Waals surface area contributed by atoms with Crippen LogP contribution in [-0.4, -0.2) is 25.7 Å². The van der Waals surface area contributed by atoms with Crippen LogP contribution in [-0.2, 0) is 19.4 Å². The SMILES string of the molecule is O=C(N[C@@H](Cc1c[nH]c2ccccc12)c1nnc2n1CCCCC2)c1ccc(Cl)cc1. The van der Waals surface area contributed by atoms with Crippen molar-refractivity contribution in [1.82, 2.24) is 25.1 Å². The zero-order chi connectivity index (χ0) is 21.2. The lowest BCUT2D eigenvalue weighted by atomic mass is 10.0.